The van der Waals surface area contributed by atoms with E-state index in [1.165, 1.54) is 12.1 Å². The number of hydrogen-bond acceptors (Lipinski definition) is 4. The summed E-state index contributed by atoms with van der Waals surface area (Å²) >= 11 is 0. The minimum absolute atomic E-state index is 0.224. The van der Waals surface area contributed by atoms with Gasteiger partial charge in [-0.05, 0) is 30.7 Å². The molecule has 0 saturated carbocycles. The number of nitrogens with zero attached hydrogens (tertiary/aromatic N) is 1. The van der Waals surface area contributed by atoms with Gasteiger partial charge in [-0.25, -0.2) is 4.39 Å². The number of nitrogens with two attached hydrogens (primary N) is 1. The molecule has 0 bridgehead atoms. The monoisotopic (exact) mass is 270 g/mol. The van der Waals surface area contributed by atoms with Gasteiger partial charge in [-0.15, -0.1) is 0 Å². The van der Waals surface area contributed by atoms with Crippen molar-refractivity contribution in [2.45, 2.75) is 13.0 Å². The number of methoxy groups -OCH3 is 2. The minimum Gasteiger partial charge on any atom is -0.383 e. The SMILES string of the molecule is COCCN(CCOC)c1ccc(F)cc1[C@H](C)N. The lowest BCUT2D eigenvalue weighted by Gasteiger charge is -2.27. The van der Waals surface area contributed by atoms with E-state index in [-0.39, 0.29) is 11.9 Å². The van der Waals surface area contributed by atoms with Gasteiger partial charge in [0.25, 0.3) is 0 Å². The Morgan fingerprint density at radius 2 is 1.79 bits per heavy atom. The molecule has 0 aliphatic rings. The zero-order valence-electron chi connectivity index (χ0n) is 11.9. The fourth-order valence-electron chi connectivity index (χ4n) is 1.93. The van der Waals surface area contributed by atoms with Gasteiger partial charge >= 0.3 is 0 Å². The molecule has 5 heteroatoms. The molecule has 0 heterocycles. The van der Waals surface area contributed by atoms with Crippen molar-refractivity contribution in [1.82, 2.24) is 0 Å². The molecule has 0 aliphatic heterocycles. The zero-order valence-corrected chi connectivity index (χ0v) is 11.9. The molecule has 0 spiro atoms. The maximum absolute atomic E-state index is 13.4. The summed E-state index contributed by atoms with van der Waals surface area (Å²) in [6.45, 7) is 4.47. The molecule has 0 fully saturated rings. The summed E-state index contributed by atoms with van der Waals surface area (Å²) in [6.07, 6.45) is 0. The minimum atomic E-state index is -0.269. The van der Waals surface area contributed by atoms with Gasteiger partial charge < -0.3 is 20.1 Å². The predicted octanol–water partition coefficient (Wildman–Crippen LogP) is 1.94. The van der Waals surface area contributed by atoms with Crippen LogP contribution in [0.3, 0.4) is 0 Å². The van der Waals surface area contributed by atoms with Gasteiger partial charge in [-0.3, -0.25) is 0 Å². The van der Waals surface area contributed by atoms with Gasteiger partial charge in [0.05, 0.1) is 13.2 Å². The van der Waals surface area contributed by atoms with Crippen molar-refractivity contribution < 1.29 is 13.9 Å². The molecule has 0 unspecified atom stereocenters. The first kappa shape index (κ1) is 15.9. The maximum Gasteiger partial charge on any atom is 0.123 e. The van der Waals surface area contributed by atoms with Crippen LogP contribution in [0.1, 0.15) is 18.5 Å². The van der Waals surface area contributed by atoms with E-state index in [0.717, 1.165) is 11.3 Å². The summed E-state index contributed by atoms with van der Waals surface area (Å²) in [5, 5.41) is 0. The molecular weight excluding hydrogens is 247 g/mol. The summed E-state index contributed by atoms with van der Waals surface area (Å²) in [7, 11) is 3.32. The second-order valence-electron chi connectivity index (χ2n) is 4.46. The number of rotatable bonds is 8. The van der Waals surface area contributed by atoms with Crippen molar-refractivity contribution in [3.05, 3.63) is 29.6 Å². The fraction of sp³-hybridized carbons (Fsp3) is 0.571. The van der Waals surface area contributed by atoms with Crippen molar-refractivity contribution in [2.75, 3.05) is 45.4 Å². The molecular formula is C14H23FN2O2. The number of benzene rings is 1. The van der Waals surface area contributed by atoms with Gasteiger partial charge in [0.2, 0.25) is 0 Å². The van der Waals surface area contributed by atoms with Crippen LogP contribution < -0.4 is 10.6 Å². The van der Waals surface area contributed by atoms with Crippen LogP contribution in [-0.4, -0.2) is 40.5 Å². The molecule has 1 aromatic rings. The highest BCUT2D eigenvalue weighted by atomic mass is 19.1. The van der Waals surface area contributed by atoms with E-state index in [9.17, 15) is 4.39 Å². The Bertz CT molecular complexity index is 378. The molecule has 0 saturated heterocycles. The molecule has 0 aliphatic carbocycles. The molecule has 0 radical (unpaired) electrons. The second kappa shape index (κ2) is 8.09. The van der Waals surface area contributed by atoms with E-state index < -0.39 is 0 Å². The first-order valence-electron chi connectivity index (χ1n) is 6.38. The van der Waals surface area contributed by atoms with Crippen molar-refractivity contribution in [3.8, 4) is 0 Å². The molecule has 108 valence electrons. The first-order valence-corrected chi connectivity index (χ1v) is 6.38. The number of hydrogen-bond donors (Lipinski definition) is 1. The molecule has 4 nitrogen and oxygen atoms in total. The maximum atomic E-state index is 13.4. The van der Waals surface area contributed by atoms with Crippen LogP contribution in [0.4, 0.5) is 10.1 Å². The summed E-state index contributed by atoms with van der Waals surface area (Å²) in [5.74, 6) is -0.269. The fourth-order valence-corrected chi connectivity index (χ4v) is 1.93. The number of halogens is 1. The topological polar surface area (TPSA) is 47.7 Å². The Morgan fingerprint density at radius 3 is 2.26 bits per heavy atom. The summed E-state index contributed by atoms with van der Waals surface area (Å²) < 4.78 is 23.6. The third kappa shape index (κ3) is 4.78. The standard InChI is InChI=1S/C14H23FN2O2/c1-11(16)13-10-12(15)4-5-14(13)17(6-8-18-2)7-9-19-3/h4-5,10-11H,6-9,16H2,1-3H3/t11-/m0/s1. The summed E-state index contributed by atoms with van der Waals surface area (Å²) in [5.41, 5.74) is 7.66. The van der Waals surface area contributed by atoms with Crippen LogP contribution in [0.5, 0.6) is 0 Å². The lowest BCUT2D eigenvalue weighted by molar-refractivity contribution is 0.190. The Labute approximate surface area is 114 Å². The molecule has 2 N–H and O–H groups in total. The van der Waals surface area contributed by atoms with Gasteiger partial charge in [-0.1, -0.05) is 0 Å². The lowest BCUT2D eigenvalue weighted by atomic mass is 10.1. The molecule has 1 rings (SSSR count). The van der Waals surface area contributed by atoms with Crippen molar-refractivity contribution in [1.29, 1.82) is 0 Å². The summed E-state index contributed by atoms with van der Waals surface area (Å²) in [4.78, 5) is 2.10. The van der Waals surface area contributed by atoms with Crippen molar-refractivity contribution in [3.63, 3.8) is 0 Å². The van der Waals surface area contributed by atoms with Crippen molar-refractivity contribution >= 4 is 5.69 Å². The smallest absolute Gasteiger partial charge is 0.123 e. The predicted molar refractivity (Wildman–Crippen MR) is 75.0 cm³/mol. The normalized spacial score (nSPS) is 12.5. The zero-order chi connectivity index (χ0) is 14.3. The van der Waals surface area contributed by atoms with Gasteiger partial charge in [0.15, 0.2) is 0 Å². The Balaban J connectivity index is 2.98. The molecule has 0 amide bonds. The molecule has 19 heavy (non-hydrogen) atoms. The number of anilines is 1. The largest absolute Gasteiger partial charge is 0.383 e. The van der Waals surface area contributed by atoms with Crippen LogP contribution in [-0.2, 0) is 9.47 Å². The van der Waals surface area contributed by atoms with Crippen LogP contribution >= 0.6 is 0 Å². The van der Waals surface area contributed by atoms with Crippen LogP contribution in [0.25, 0.3) is 0 Å². The van der Waals surface area contributed by atoms with Gasteiger partial charge in [0, 0.05) is 39.0 Å². The molecule has 0 aromatic heterocycles. The van der Waals surface area contributed by atoms with Gasteiger partial charge in [0.1, 0.15) is 5.82 Å². The first-order chi connectivity index (χ1) is 9.10. The van der Waals surface area contributed by atoms with Crippen LogP contribution in [0.15, 0.2) is 18.2 Å². The number of ether oxygens (including phenoxy) is 2. The third-order valence-corrected chi connectivity index (χ3v) is 2.95. The van der Waals surface area contributed by atoms with E-state index in [0.29, 0.717) is 26.3 Å². The molecule has 1 atom stereocenters. The van der Waals surface area contributed by atoms with Gasteiger partial charge in [-0.2, -0.15) is 0 Å². The summed E-state index contributed by atoms with van der Waals surface area (Å²) in [6, 6.07) is 4.48. The highest BCUT2D eigenvalue weighted by Gasteiger charge is 2.14. The Morgan fingerprint density at radius 1 is 1.21 bits per heavy atom. The van der Waals surface area contributed by atoms with E-state index in [1.54, 1.807) is 20.3 Å². The quantitative estimate of drug-likeness (QED) is 0.784. The average molecular weight is 270 g/mol. The Hall–Kier alpha value is -1.17. The van der Waals surface area contributed by atoms with Crippen LogP contribution in [0.2, 0.25) is 0 Å². The van der Waals surface area contributed by atoms with E-state index in [1.807, 2.05) is 6.92 Å². The lowest BCUT2D eigenvalue weighted by Crippen LogP contribution is -2.32. The second-order valence-corrected chi connectivity index (χ2v) is 4.46. The highest BCUT2D eigenvalue weighted by Crippen LogP contribution is 2.26. The van der Waals surface area contributed by atoms with Crippen LogP contribution in [0, 0.1) is 5.82 Å². The average Bonchev–Trinajstić information content (AvgIpc) is 2.39. The highest BCUT2D eigenvalue weighted by molar-refractivity contribution is 5.55. The van der Waals surface area contributed by atoms with E-state index in [4.69, 9.17) is 15.2 Å². The van der Waals surface area contributed by atoms with E-state index >= 15 is 0 Å². The molecule has 1 aromatic carbocycles. The third-order valence-electron chi connectivity index (χ3n) is 2.95. The van der Waals surface area contributed by atoms with E-state index in [2.05, 4.69) is 4.90 Å². The van der Waals surface area contributed by atoms with Crippen molar-refractivity contribution in [2.24, 2.45) is 5.73 Å². The Kier molecular flexibility index (Phi) is 6.77.